The summed E-state index contributed by atoms with van der Waals surface area (Å²) >= 11 is 0. The van der Waals surface area contributed by atoms with Gasteiger partial charge in [-0.1, -0.05) is 0 Å². The summed E-state index contributed by atoms with van der Waals surface area (Å²) < 4.78 is 9.30. The van der Waals surface area contributed by atoms with E-state index in [1.807, 2.05) is 19.2 Å². The molecule has 0 aromatic rings. The van der Waals surface area contributed by atoms with Crippen LogP contribution in [-0.4, -0.2) is 37.2 Å². The van der Waals surface area contributed by atoms with Crippen molar-refractivity contribution in [2.24, 2.45) is 0 Å². The summed E-state index contributed by atoms with van der Waals surface area (Å²) in [5.41, 5.74) is -0.288. The molecule has 0 aromatic carbocycles. The van der Waals surface area contributed by atoms with Gasteiger partial charge in [0.05, 0.1) is 13.2 Å². The van der Waals surface area contributed by atoms with Crippen molar-refractivity contribution in [1.82, 2.24) is 10.6 Å². The molecule has 0 heterocycles. The summed E-state index contributed by atoms with van der Waals surface area (Å²) in [5.74, 6) is -1.68. The van der Waals surface area contributed by atoms with E-state index in [-0.39, 0.29) is 24.8 Å². The number of ether oxygens (including phenoxy) is 2. The van der Waals surface area contributed by atoms with Gasteiger partial charge in [-0.25, -0.2) is 9.59 Å². The fourth-order valence-electron chi connectivity index (χ4n) is 1.00. The Morgan fingerprint density at radius 1 is 1.11 bits per heavy atom. The molecule has 0 fully saturated rings. The van der Waals surface area contributed by atoms with Gasteiger partial charge in [-0.05, 0) is 27.7 Å². The van der Waals surface area contributed by atoms with E-state index < -0.39 is 18.0 Å². The summed E-state index contributed by atoms with van der Waals surface area (Å²) in [5, 5.41) is 4.73. The highest BCUT2D eigenvalue weighted by molar-refractivity contribution is 6.19. The standard InChI is InChI=1S/C12H20N2O5/c1-5-18-11(16)9(7-13-8(3)4)10(15)14-12(17)19-6-2/h7-8,13H,5-6H2,1-4H3,(H,14,15,17)/b9-7-. The van der Waals surface area contributed by atoms with E-state index in [4.69, 9.17) is 4.74 Å². The monoisotopic (exact) mass is 272 g/mol. The quantitative estimate of drug-likeness (QED) is 0.320. The van der Waals surface area contributed by atoms with Gasteiger partial charge < -0.3 is 14.8 Å². The first kappa shape index (κ1) is 16.9. The van der Waals surface area contributed by atoms with Gasteiger partial charge in [0.15, 0.2) is 0 Å². The fraction of sp³-hybridized carbons (Fsp3) is 0.583. The molecule has 7 heteroatoms. The number of amides is 2. The molecule has 0 radical (unpaired) electrons. The molecule has 0 bridgehead atoms. The number of carbonyl (C=O) groups is 3. The van der Waals surface area contributed by atoms with Gasteiger partial charge in [-0.3, -0.25) is 10.1 Å². The maximum Gasteiger partial charge on any atom is 0.414 e. The number of nitrogens with one attached hydrogen (secondary N) is 2. The molecule has 2 N–H and O–H groups in total. The van der Waals surface area contributed by atoms with Crippen LogP contribution >= 0.6 is 0 Å². The van der Waals surface area contributed by atoms with Crippen molar-refractivity contribution in [3.8, 4) is 0 Å². The van der Waals surface area contributed by atoms with Crippen molar-refractivity contribution in [3.05, 3.63) is 11.8 Å². The van der Waals surface area contributed by atoms with Crippen molar-refractivity contribution in [1.29, 1.82) is 0 Å². The normalized spacial score (nSPS) is 10.9. The number of rotatable bonds is 6. The van der Waals surface area contributed by atoms with Crippen molar-refractivity contribution >= 4 is 18.0 Å². The minimum Gasteiger partial charge on any atom is -0.462 e. The number of carbonyl (C=O) groups excluding carboxylic acids is 3. The third-order valence-corrected chi connectivity index (χ3v) is 1.79. The maximum absolute atomic E-state index is 11.7. The lowest BCUT2D eigenvalue weighted by Gasteiger charge is -2.09. The van der Waals surface area contributed by atoms with Crippen LogP contribution in [0.5, 0.6) is 0 Å². The highest BCUT2D eigenvalue weighted by atomic mass is 16.5. The predicted octanol–water partition coefficient (Wildman–Crippen LogP) is 0.704. The number of hydrogen-bond donors (Lipinski definition) is 2. The Labute approximate surface area is 112 Å². The van der Waals surface area contributed by atoms with E-state index in [0.29, 0.717) is 0 Å². The predicted molar refractivity (Wildman–Crippen MR) is 68.2 cm³/mol. The fourth-order valence-corrected chi connectivity index (χ4v) is 1.00. The van der Waals surface area contributed by atoms with Crippen LogP contribution in [0.3, 0.4) is 0 Å². The van der Waals surface area contributed by atoms with Gasteiger partial charge in [0, 0.05) is 12.2 Å². The Morgan fingerprint density at radius 2 is 1.68 bits per heavy atom. The van der Waals surface area contributed by atoms with Crippen LogP contribution in [0.1, 0.15) is 27.7 Å². The summed E-state index contributed by atoms with van der Waals surface area (Å²) in [7, 11) is 0. The average Bonchev–Trinajstić information content (AvgIpc) is 2.29. The molecule has 0 aliphatic rings. The molecule has 0 spiro atoms. The zero-order valence-corrected chi connectivity index (χ0v) is 11.6. The largest absolute Gasteiger partial charge is 0.462 e. The topological polar surface area (TPSA) is 93.7 Å². The van der Waals surface area contributed by atoms with E-state index in [1.54, 1.807) is 13.8 Å². The van der Waals surface area contributed by atoms with Crippen LogP contribution in [0.2, 0.25) is 0 Å². The average molecular weight is 272 g/mol. The molecule has 0 atom stereocenters. The first-order valence-corrected chi connectivity index (χ1v) is 6.03. The van der Waals surface area contributed by atoms with Crippen molar-refractivity contribution in [2.45, 2.75) is 33.7 Å². The van der Waals surface area contributed by atoms with Crippen LogP contribution in [0.4, 0.5) is 4.79 Å². The van der Waals surface area contributed by atoms with Crippen LogP contribution in [0.25, 0.3) is 0 Å². The van der Waals surface area contributed by atoms with Gasteiger partial charge in [0.1, 0.15) is 5.57 Å². The highest BCUT2D eigenvalue weighted by Crippen LogP contribution is 1.99. The third kappa shape index (κ3) is 7.07. The Bertz CT molecular complexity index is 363. The summed E-state index contributed by atoms with van der Waals surface area (Å²) in [4.78, 5) is 34.5. The molecular weight excluding hydrogens is 252 g/mol. The molecule has 7 nitrogen and oxygen atoms in total. The summed E-state index contributed by atoms with van der Waals surface area (Å²) in [6, 6.07) is 0.0276. The third-order valence-electron chi connectivity index (χ3n) is 1.79. The Morgan fingerprint density at radius 3 is 2.16 bits per heavy atom. The second-order valence-corrected chi connectivity index (χ2v) is 3.77. The molecule has 108 valence electrons. The van der Waals surface area contributed by atoms with Crippen molar-refractivity contribution in [2.75, 3.05) is 13.2 Å². The molecule has 2 amide bonds. The number of imide groups is 1. The maximum atomic E-state index is 11.7. The molecule has 0 aliphatic heterocycles. The molecule has 19 heavy (non-hydrogen) atoms. The minimum atomic E-state index is -0.910. The van der Waals surface area contributed by atoms with E-state index in [1.165, 1.54) is 6.20 Å². The molecule has 0 saturated carbocycles. The van der Waals surface area contributed by atoms with Crippen molar-refractivity contribution in [3.63, 3.8) is 0 Å². The zero-order chi connectivity index (χ0) is 14.8. The van der Waals surface area contributed by atoms with E-state index in [2.05, 4.69) is 10.1 Å². The molecule has 0 saturated heterocycles. The Kier molecular flexibility index (Phi) is 7.99. The Hall–Kier alpha value is -2.05. The molecule has 0 rings (SSSR count). The second kappa shape index (κ2) is 8.96. The lowest BCUT2D eigenvalue weighted by molar-refractivity contribution is -0.140. The summed E-state index contributed by atoms with van der Waals surface area (Å²) in [6.07, 6.45) is 0.310. The molecule has 0 aliphatic carbocycles. The van der Waals surface area contributed by atoms with E-state index in [9.17, 15) is 14.4 Å². The van der Waals surface area contributed by atoms with E-state index >= 15 is 0 Å². The number of hydrogen-bond acceptors (Lipinski definition) is 6. The van der Waals surface area contributed by atoms with E-state index in [0.717, 1.165) is 0 Å². The van der Waals surface area contributed by atoms with Crippen LogP contribution in [0.15, 0.2) is 11.8 Å². The van der Waals surface area contributed by atoms with Gasteiger partial charge in [0.25, 0.3) is 5.91 Å². The molecule has 0 unspecified atom stereocenters. The lowest BCUT2D eigenvalue weighted by Crippen LogP contribution is -2.36. The molecule has 0 aromatic heterocycles. The van der Waals surface area contributed by atoms with Crippen LogP contribution < -0.4 is 10.6 Å². The van der Waals surface area contributed by atoms with Crippen LogP contribution in [0, 0.1) is 0 Å². The summed E-state index contributed by atoms with van der Waals surface area (Å²) in [6.45, 7) is 7.15. The SMILES string of the molecule is CCOC(=O)NC(=O)/C(=C/NC(C)C)C(=O)OCC. The van der Waals surface area contributed by atoms with Crippen LogP contribution in [-0.2, 0) is 19.1 Å². The van der Waals surface area contributed by atoms with Gasteiger partial charge >= 0.3 is 12.1 Å². The molecular formula is C12H20N2O5. The van der Waals surface area contributed by atoms with Crippen molar-refractivity contribution < 1.29 is 23.9 Å². The minimum absolute atomic E-state index is 0.0276. The zero-order valence-electron chi connectivity index (χ0n) is 11.6. The van der Waals surface area contributed by atoms with Gasteiger partial charge in [-0.2, -0.15) is 0 Å². The smallest absolute Gasteiger partial charge is 0.414 e. The first-order chi connectivity index (χ1) is 8.92. The van der Waals surface area contributed by atoms with Gasteiger partial charge in [-0.15, -0.1) is 0 Å². The Balaban J connectivity index is 4.82. The number of esters is 1. The van der Waals surface area contributed by atoms with Gasteiger partial charge in [0.2, 0.25) is 0 Å². The highest BCUT2D eigenvalue weighted by Gasteiger charge is 2.22. The second-order valence-electron chi connectivity index (χ2n) is 3.77. The first-order valence-electron chi connectivity index (χ1n) is 6.03. The number of alkyl carbamates (subject to hydrolysis) is 1. The lowest BCUT2D eigenvalue weighted by atomic mass is 10.2.